The number of rotatable bonds is 18. The molecule has 0 aromatic heterocycles. The summed E-state index contributed by atoms with van der Waals surface area (Å²) < 4.78 is 25.1. The summed E-state index contributed by atoms with van der Waals surface area (Å²) in [5, 5.41) is 1.34. The molecule has 4 nitrogen and oxygen atoms in total. The zero-order chi connectivity index (χ0) is 33.8. The fourth-order valence-electron chi connectivity index (χ4n) is 7.68. The second-order valence-corrected chi connectivity index (χ2v) is 16.2. The molecule has 4 aromatic carbocycles. The second kappa shape index (κ2) is 15.6. The maximum atomic E-state index is 6.33. The van der Waals surface area contributed by atoms with E-state index in [9.17, 15) is 0 Å². The Morgan fingerprint density at radius 1 is 0.612 bits per heavy atom. The number of ether oxygens (including phenoxy) is 4. The third-order valence-corrected chi connectivity index (χ3v) is 12.3. The summed E-state index contributed by atoms with van der Waals surface area (Å²) in [5.74, 6) is 4.28. The number of thioether (sulfide) groups is 2. The first-order chi connectivity index (χ1) is 24.0. The largest absolute Gasteiger partial charge is 0.491 e. The van der Waals surface area contributed by atoms with Crippen LogP contribution in [0.4, 0.5) is 0 Å². The predicted octanol–water partition coefficient (Wildman–Crippen LogP) is 10.0. The molecule has 2 heterocycles. The molecule has 4 atom stereocenters. The lowest BCUT2D eigenvalue weighted by molar-refractivity contribution is 0.0337. The Morgan fingerprint density at radius 3 is 1.43 bits per heavy atom. The van der Waals surface area contributed by atoms with E-state index >= 15 is 0 Å². The smallest absolute Gasteiger partial charge is 0.122 e. The maximum absolute atomic E-state index is 6.33. The summed E-state index contributed by atoms with van der Waals surface area (Å²) >= 11 is 4.01. The van der Waals surface area contributed by atoms with Crippen LogP contribution in [0.15, 0.2) is 84.9 Å². The summed E-state index contributed by atoms with van der Waals surface area (Å²) in [6.07, 6.45) is 5.25. The molecule has 0 bridgehead atoms. The highest BCUT2D eigenvalue weighted by atomic mass is 32.2. The van der Waals surface area contributed by atoms with Gasteiger partial charge in [-0.05, 0) is 83.3 Å². The molecular formula is C43H50O4S2. The number of hydrogen-bond donors (Lipinski definition) is 0. The Morgan fingerprint density at radius 2 is 1.04 bits per heavy atom. The van der Waals surface area contributed by atoms with E-state index in [0.717, 1.165) is 48.3 Å². The number of fused-ring (bicyclic) bond motifs is 3. The van der Waals surface area contributed by atoms with Crippen molar-refractivity contribution in [1.29, 1.82) is 0 Å². The lowest BCUT2D eigenvalue weighted by atomic mass is 9.67. The van der Waals surface area contributed by atoms with Gasteiger partial charge >= 0.3 is 0 Å². The van der Waals surface area contributed by atoms with Crippen molar-refractivity contribution in [2.24, 2.45) is 0 Å². The summed E-state index contributed by atoms with van der Waals surface area (Å²) in [5.41, 5.74) is 9.44. The van der Waals surface area contributed by atoms with E-state index in [1.165, 1.54) is 44.9 Å². The van der Waals surface area contributed by atoms with Crippen LogP contribution < -0.4 is 9.47 Å². The highest BCUT2D eigenvalue weighted by Crippen LogP contribution is 2.56. The molecule has 3 aliphatic rings. The Hall–Kier alpha value is -2.90. The highest BCUT2D eigenvalue weighted by Gasteiger charge is 2.46. The normalized spacial score (nSPS) is 19.5. The summed E-state index contributed by atoms with van der Waals surface area (Å²) in [7, 11) is 0. The fraction of sp³-hybridized carbons (Fsp3) is 0.442. The van der Waals surface area contributed by atoms with Crippen LogP contribution in [0.3, 0.4) is 0 Å². The van der Waals surface area contributed by atoms with Gasteiger partial charge in [0, 0.05) is 22.0 Å². The van der Waals surface area contributed by atoms with Crippen molar-refractivity contribution in [2.75, 3.05) is 37.9 Å². The lowest BCUT2D eigenvalue weighted by Gasteiger charge is -2.34. The minimum absolute atomic E-state index is 0.350. The van der Waals surface area contributed by atoms with E-state index in [1.807, 2.05) is 23.5 Å². The van der Waals surface area contributed by atoms with Crippen LogP contribution in [0.5, 0.6) is 11.5 Å². The Balaban J connectivity index is 1.15. The van der Waals surface area contributed by atoms with Gasteiger partial charge in [0.05, 0.1) is 30.8 Å². The number of hydrogen-bond acceptors (Lipinski definition) is 6. The van der Waals surface area contributed by atoms with Gasteiger partial charge in [-0.2, -0.15) is 23.5 Å². The van der Waals surface area contributed by atoms with E-state index in [0.29, 0.717) is 49.1 Å². The third kappa shape index (κ3) is 7.30. The molecule has 2 saturated heterocycles. The molecule has 2 fully saturated rings. The zero-order valence-electron chi connectivity index (χ0n) is 29.4. The Kier molecular flexibility index (Phi) is 11.0. The molecule has 0 spiro atoms. The van der Waals surface area contributed by atoms with Crippen molar-refractivity contribution in [3.05, 3.63) is 118 Å². The quantitative estimate of drug-likeness (QED) is 0.0672. The lowest BCUT2D eigenvalue weighted by Crippen LogP contribution is -2.29. The van der Waals surface area contributed by atoms with Gasteiger partial charge in [-0.1, -0.05) is 99.5 Å². The molecule has 1 aliphatic carbocycles. The molecule has 0 radical (unpaired) electrons. The van der Waals surface area contributed by atoms with Crippen LogP contribution in [-0.2, 0) is 14.9 Å². The van der Waals surface area contributed by atoms with E-state index in [1.54, 1.807) is 0 Å². The van der Waals surface area contributed by atoms with Crippen LogP contribution in [0.25, 0.3) is 11.1 Å². The number of benzene rings is 4. The SMILES string of the molecule is CCCC(OCCOc1ccc(C2(c3ccc(OCCOC(CCC)C4CS4)c(C)c3)c3ccccc3-c3ccccc32)cc1C)C1CS1. The van der Waals surface area contributed by atoms with Crippen LogP contribution in [0, 0.1) is 13.8 Å². The molecule has 0 N–H and O–H groups in total. The standard InChI is InChI=1S/C43H50O4S2/c1-5-11-39(41-27-48-41)46-23-21-44-37-19-17-31(25-29(37)3)43(35-15-9-7-13-33(35)34-14-8-10-16-36(34)43)32-18-20-38(30(4)26-32)45-22-24-47-40(12-6-2)42-28-49-42/h7-10,13-20,25-26,39-42H,5-6,11-12,21-24,27-28H2,1-4H3. The van der Waals surface area contributed by atoms with Gasteiger partial charge in [-0.3, -0.25) is 0 Å². The van der Waals surface area contributed by atoms with Crippen molar-refractivity contribution in [3.63, 3.8) is 0 Å². The third-order valence-electron chi connectivity index (χ3n) is 10.2. The molecule has 7 rings (SSSR count). The second-order valence-electron chi connectivity index (χ2n) is 13.6. The molecule has 2 aliphatic heterocycles. The van der Waals surface area contributed by atoms with Crippen LogP contribution in [0.2, 0.25) is 0 Å². The molecule has 0 amide bonds. The summed E-state index contributed by atoms with van der Waals surface area (Å²) in [6.45, 7) is 11.1. The van der Waals surface area contributed by atoms with Gasteiger partial charge < -0.3 is 18.9 Å². The highest BCUT2D eigenvalue weighted by molar-refractivity contribution is 8.07. The van der Waals surface area contributed by atoms with Crippen LogP contribution >= 0.6 is 23.5 Å². The Labute approximate surface area is 301 Å². The van der Waals surface area contributed by atoms with Crippen molar-refractivity contribution < 1.29 is 18.9 Å². The topological polar surface area (TPSA) is 36.9 Å². The minimum Gasteiger partial charge on any atom is -0.491 e. The first-order valence-electron chi connectivity index (χ1n) is 18.2. The average Bonchev–Trinajstić information content (AvgIpc) is 4.06. The van der Waals surface area contributed by atoms with Crippen molar-refractivity contribution >= 4 is 23.5 Å². The van der Waals surface area contributed by atoms with E-state index in [4.69, 9.17) is 18.9 Å². The van der Waals surface area contributed by atoms with Gasteiger partial charge in [0.1, 0.15) is 24.7 Å². The van der Waals surface area contributed by atoms with Crippen LogP contribution in [0.1, 0.15) is 72.9 Å². The Bertz CT molecular complexity index is 1600. The zero-order valence-corrected chi connectivity index (χ0v) is 31.0. The first kappa shape index (κ1) is 34.5. The monoisotopic (exact) mass is 694 g/mol. The molecule has 4 unspecified atom stereocenters. The fourth-order valence-corrected chi connectivity index (χ4v) is 9.19. The summed E-state index contributed by atoms with van der Waals surface area (Å²) in [4.78, 5) is 0. The van der Waals surface area contributed by atoms with Gasteiger partial charge in [0.15, 0.2) is 0 Å². The summed E-state index contributed by atoms with van der Waals surface area (Å²) in [6, 6.07) is 31.3. The molecule has 258 valence electrons. The van der Waals surface area contributed by atoms with Crippen molar-refractivity contribution in [3.8, 4) is 22.6 Å². The van der Waals surface area contributed by atoms with E-state index in [2.05, 4.69) is 113 Å². The van der Waals surface area contributed by atoms with Crippen molar-refractivity contribution in [1.82, 2.24) is 0 Å². The maximum Gasteiger partial charge on any atom is 0.122 e. The van der Waals surface area contributed by atoms with E-state index in [-0.39, 0.29) is 0 Å². The minimum atomic E-state index is -0.476. The van der Waals surface area contributed by atoms with Gasteiger partial charge in [0.25, 0.3) is 0 Å². The first-order valence-corrected chi connectivity index (χ1v) is 20.3. The molecule has 6 heteroatoms. The van der Waals surface area contributed by atoms with Gasteiger partial charge in [-0.25, -0.2) is 0 Å². The molecule has 4 aromatic rings. The predicted molar refractivity (Wildman–Crippen MR) is 206 cm³/mol. The average molecular weight is 695 g/mol. The molecular weight excluding hydrogens is 645 g/mol. The molecule has 0 saturated carbocycles. The van der Waals surface area contributed by atoms with Gasteiger partial charge in [-0.15, -0.1) is 0 Å². The van der Waals surface area contributed by atoms with Crippen LogP contribution in [-0.4, -0.2) is 60.6 Å². The van der Waals surface area contributed by atoms with E-state index < -0.39 is 5.41 Å². The van der Waals surface area contributed by atoms with Gasteiger partial charge in [0.2, 0.25) is 0 Å². The molecule has 49 heavy (non-hydrogen) atoms. The van der Waals surface area contributed by atoms with Crippen molar-refractivity contribution in [2.45, 2.75) is 81.5 Å². The number of aryl methyl sites for hydroxylation is 2.